The van der Waals surface area contributed by atoms with Gasteiger partial charge in [-0.05, 0) is 25.5 Å². The first-order valence-corrected chi connectivity index (χ1v) is 9.19. The average Bonchev–Trinajstić information content (AvgIpc) is 2.48. The average molecular weight is 344 g/mol. The molecular formula is C15H24N2O5S. The minimum absolute atomic E-state index is 0.229. The van der Waals surface area contributed by atoms with Crippen LogP contribution < -0.4 is 10.1 Å². The van der Waals surface area contributed by atoms with Crippen molar-refractivity contribution < 1.29 is 22.7 Å². The maximum atomic E-state index is 12.2. The van der Waals surface area contributed by atoms with Gasteiger partial charge in [0.15, 0.2) is 0 Å². The first kappa shape index (κ1) is 19.4. The van der Waals surface area contributed by atoms with Crippen LogP contribution in [0.5, 0.6) is 5.75 Å². The van der Waals surface area contributed by atoms with Gasteiger partial charge in [0.1, 0.15) is 5.75 Å². The van der Waals surface area contributed by atoms with Gasteiger partial charge in [0, 0.05) is 20.3 Å². The zero-order valence-corrected chi connectivity index (χ0v) is 14.6. The third-order valence-corrected chi connectivity index (χ3v) is 4.26. The fourth-order valence-corrected chi connectivity index (χ4v) is 2.76. The van der Waals surface area contributed by atoms with Gasteiger partial charge in [-0.2, -0.15) is 4.31 Å². The van der Waals surface area contributed by atoms with Crippen LogP contribution in [0, 0.1) is 0 Å². The molecule has 0 aliphatic carbocycles. The van der Waals surface area contributed by atoms with Crippen LogP contribution >= 0.6 is 0 Å². The standard InChI is InChI=1S/C15H24N2O5S/c1-4-22-14-9-6-5-8-13(14)16-15(18)12-17(23(3,19)20)10-7-11-21-2/h5-6,8-9H,4,7,10-12H2,1-3H3,(H,16,18). The van der Waals surface area contributed by atoms with Gasteiger partial charge in [-0.3, -0.25) is 4.79 Å². The molecule has 0 bridgehead atoms. The van der Waals surface area contributed by atoms with E-state index < -0.39 is 15.9 Å². The molecule has 0 saturated carbocycles. The van der Waals surface area contributed by atoms with Crippen molar-refractivity contribution in [3.63, 3.8) is 0 Å². The Morgan fingerprint density at radius 2 is 2.00 bits per heavy atom. The van der Waals surface area contributed by atoms with E-state index in [-0.39, 0.29) is 13.1 Å². The molecule has 23 heavy (non-hydrogen) atoms. The van der Waals surface area contributed by atoms with Crippen molar-refractivity contribution in [3.8, 4) is 5.75 Å². The van der Waals surface area contributed by atoms with Gasteiger partial charge >= 0.3 is 0 Å². The summed E-state index contributed by atoms with van der Waals surface area (Å²) in [6.07, 6.45) is 1.60. The van der Waals surface area contributed by atoms with E-state index in [4.69, 9.17) is 9.47 Å². The van der Waals surface area contributed by atoms with Gasteiger partial charge in [-0.25, -0.2) is 8.42 Å². The minimum atomic E-state index is -3.47. The largest absolute Gasteiger partial charge is 0.492 e. The van der Waals surface area contributed by atoms with Crippen molar-refractivity contribution >= 4 is 21.6 Å². The number of methoxy groups -OCH3 is 1. The number of nitrogens with one attached hydrogen (secondary N) is 1. The number of nitrogens with zero attached hydrogens (tertiary/aromatic N) is 1. The van der Waals surface area contributed by atoms with Crippen molar-refractivity contribution in [2.24, 2.45) is 0 Å². The number of carbonyl (C=O) groups is 1. The molecule has 1 rings (SSSR count). The Morgan fingerprint density at radius 3 is 2.61 bits per heavy atom. The fraction of sp³-hybridized carbons (Fsp3) is 0.533. The second kappa shape index (κ2) is 9.49. The number of hydrogen-bond donors (Lipinski definition) is 1. The first-order valence-electron chi connectivity index (χ1n) is 7.34. The molecule has 1 aromatic rings. The number of hydrogen-bond acceptors (Lipinski definition) is 5. The summed E-state index contributed by atoms with van der Waals surface area (Å²) in [6, 6.07) is 7.02. The summed E-state index contributed by atoms with van der Waals surface area (Å²) < 4.78 is 35.0. The molecule has 0 saturated heterocycles. The van der Waals surface area contributed by atoms with Gasteiger partial charge in [-0.15, -0.1) is 0 Å². The highest BCUT2D eigenvalue weighted by Gasteiger charge is 2.20. The Hall–Kier alpha value is -1.64. The zero-order valence-electron chi connectivity index (χ0n) is 13.7. The lowest BCUT2D eigenvalue weighted by Gasteiger charge is -2.19. The predicted octanol–water partition coefficient (Wildman–Crippen LogP) is 1.32. The minimum Gasteiger partial charge on any atom is -0.492 e. The van der Waals surface area contributed by atoms with Gasteiger partial charge in [0.25, 0.3) is 0 Å². The third-order valence-electron chi connectivity index (χ3n) is 3.01. The Labute approximate surface area is 137 Å². The maximum absolute atomic E-state index is 12.2. The van der Waals surface area contributed by atoms with Crippen LogP contribution in [0.25, 0.3) is 0 Å². The van der Waals surface area contributed by atoms with Crippen LogP contribution in [0.15, 0.2) is 24.3 Å². The third kappa shape index (κ3) is 6.98. The van der Waals surface area contributed by atoms with Crippen molar-refractivity contribution in [1.82, 2.24) is 4.31 Å². The van der Waals surface area contributed by atoms with Crippen molar-refractivity contribution in [3.05, 3.63) is 24.3 Å². The first-order chi connectivity index (χ1) is 10.9. The van der Waals surface area contributed by atoms with E-state index in [0.717, 1.165) is 10.6 Å². The molecule has 1 aromatic carbocycles. The lowest BCUT2D eigenvalue weighted by atomic mass is 10.3. The van der Waals surface area contributed by atoms with E-state index >= 15 is 0 Å². The normalized spacial score (nSPS) is 11.5. The Bertz CT molecular complexity index is 604. The summed E-state index contributed by atoms with van der Waals surface area (Å²) in [6.45, 7) is 2.73. The van der Waals surface area contributed by atoms with Crippen LogP contribution in [-0.2, 0) is 19.6 Å². The van der Waals surface area contributed by atoms with E-state index in [2.05, 4.69) is 5.32 Å². The number of sulfonamides is 1. The number of benzene rings is 1. The highest BCUT2D eigenvalue weighted by atomic mass is 32.2. The van der Waals surface area contributed by atoms with Gasteiger partial charge < -0.3 is 14.8 Å². The molecule has 1 amide bonds. The van der Waals surface area contributed by atoms with E-state index in [9.17, 15) is 13.2 Å². The second-order valence-electron chi connectivity index (χ2n) is 4.92. The van der Waals surface area contributed by atoms with Crippen molar-refractivity contribution in [2.75, 3.05) is 45.0 Å². The molecule has 0 aliphatic heterocycles. The van der Waals surface area contributed by atoms with Crippen molar-refractivity contribution in [2.45, 2.75) is 13.3 Å². The summed E-state index contributed by atoms with van der Waals surface area (Å²) in [5.74, 6) is 0.133. The smallest absolute Gasteiger partial charge is 0.239 e. The summed E-state index contributed by atoms with van der Waals surface area (Å²) in [7, 11) is -1.92. The van der Waals surface area contributed by atoms with Crippen LogP contribution in [0.4, 0.5) is 5.69 Å². The molecule has 130 valence electrons. The Kier molecular flexibility index (Phi) is 8.01. The molecule has 0 heterocycles. The number of amides is 1. The van der Waals surface area contributed by atoms with Crippen LogP contribution in [-0.4, -0.2) is 58.3 Å². The second-order valence-corrected chi connectivity index (χ2v) is 6.90. The lowest BCUT2D eigenvalue weighted by Crippen LogP contribution is -2.38. The molecule has 0 radical (unpaired) electrons. The highest BCUT2D eigenvalue weighted by Crippen LogP contribution is 2.23. The number of para-hydroxylation sites is 2. The SMILES string of the molecule is CCOc1ccccc1NC(=O)CN(CCCOC)S(C)(=O)=O. The van der Waals surface area contributed by atoms with Crippen LogP contribution in [0.1, 0.15) is 13.3 Å². The summed E-state index contributed by atoms with van der Waals surface area (Å²) in [4.78, 5) is 12.2. The van der Waals surface area contributed by atoms with Crippen LogP contribution in [0.3, 0.4) is 0 Å². The number of anilines is 1. The van der Waals surface area contributed by atoms with Gasteiger partial charge in [0.2, 0.25) is 15.9 Å². The Morgan fingerprint density at radius 1 is 1.30 bits per heavy atom. The quantitative estimate of drug-likeness (QED) is 0.647. The molecule has 0 aliphatic rings. The molecule has 0 aromatic heterocycles. The van der Waals surface area contributed by atoms with Crippen LogP contribution in [0.2, 0.25) is 0 Å². The van der Waals surface area contributed by atoms with Gasteiger partial charge in [0.05, 0.1) is 25.1 Å². The number of ether oxygens (including phenoxy) is 2. The molecule has 0 unspecified atom stereocenters. The topological polar surface area (TPSA) is 84.9 Å². The highest BCUT2D eigenvalue weighted by molar-refractivity contribution is 7.88. The van der Waals surface area contributed by atoms with Crippen molar-refractivity contribution in [1.29, 1.82) is 0 Å². The van der Waals surface area contributed by atoms with E-state index in [1.165, 1.54) is 0 Å². The summed E-state index contributed by atoms with van der Waals surface area (Å²) in [5.41, 5.74) is 0.518. The number of carbonyl (C=O) groups excluding carboxylic acids is 1. The van der Waals surface area contributed by atoms with E-state index in [0.29, 0.717) is 31.1 Å². The number of rotatable bonds is 10. The molecule has 0 atom stereocenters. The Balaban J connectivity index is 2.72. The van der Waals surface area contributed by atoms with E-state index in [1.807, 2.05) is 6.92 Å². The molecule has 0 fully saturated rings. The zero-order chi connectivity index (χ0) is 17.3. The lowest BCUT2D eigenvalue weighted by molar-refractivity contribution is -0.116. The van der Waals surface area contributed by atoms with Gasteiger partial charge in [-0.1, -0.05) is 12.1 Å². The maximum Gasteiger partial charge on any atom is 0.239 e. The molecule has 8 heteroatoms. The summed E-state index contributed by atoms with van der Waals surface area (Å²) in [5, 5.41) is 2.69. The molecule has 0 spiro atoms. The van der Waals surface area contributed by atoms with E-state index in [1.54, 1.807) is 31.4 Å². The fourth-order valence-electron chi connectivity index (χ4n) is 1.95. The summed E-state index contributed by atoms with van der Waals surface area (Å²) >= 11 is 0. The molecule has 7 nitrogen and oxygen atoms in total. The monoisotopic (exact) mass is 344 g/mol. The predicted molar refractivity (Wildman–Crippen MR) is 89.2 cm³/mol. The molecule has 1 N–H and O–H groups in total. The molecular weight excluding hydrogens is 320 g/mol.